The molecule has 1 rings (SSSR count). The highest BCUT2D eigenvalue weighted by molar-refractivity contribution is 7.80. The molecule has 0 saturated carbocycles. The molecule has 1 saturated heterocycles. The second-order valence-corrected chi connectivity index (χ2v) is 6.41. The third-order valence-corrected chi connectivity index (χ3v) is 4.51. The van der Waals surface area contributed by atoms with E-state index in [4.69, 9.17) is 18.0 Å². The lowest BCUT2D eigenvalue weighted by atomic mass is 10.1. The van der Waals surface area contributed by atoms with Gasteiger partial charge in [0, 0.05) is 32.6 Å². The minimum atomic E-state index is 0.201. The highest BCUT2D eigenvalue weighted by Gasteiger charge is 2.26. The zero-order valence-corrected chi connectivity index (χ0v) is 14.5. The predicted molar refractivity (Wildman–Crippen MR) is 92.4 cm³/mol. The Labute approximate surface area is 135 Å². The van der Waals surface area contributed by atoms with Crippen molar-refractivity contribution in [3.63, 3.8) is 0 Å². The smallest absolute Gasteiger partial charge is 0.222 e. The van der Waals surface area contributed by atoms with Crippen molar-refractivity contribution in [1.82, 2.24) is 9.80 Å². The van der Waals surface area contributed by atoms with E-state index in [-0.39, 0.29) is 6.04 Å². The van der Waals surface area contributed by atoms with Crippen LogP contribution in [0.4, 0.5) is 0 Å². The molecular formula is C16H31N3OS. The number of nitrogens with two attached hydrogens (primary N) is 1. The summed E-state index contributed by atoms with van der Waals surface area (Å²) in [5.74, 6) is 0.313. The molecule has 1 atom stereocenters. The molecule has 0 radical (unpaired) electrons. The Kier molecular flexibility index (Phi) is 8.85. The van der Waals surface area contributed by atoms with Crippen LogP contribution in [0.15, 0.2) is 0 Å². The average molecular weight is 314 g/mol. The number of carbonyl (C=O) groups excluding carboxylic acids is 1. The Bertz CT molecular complexity index is 327. The van der Waals surface area contributed by atoms with Crippen LogP contribution < -0.4 is 5.73 Å². The van der Waals surface area contributed by atoms with E-state index in [1.165, 1.54) is 19.3 Å². The second-order valence-electron chi connectivity index (χ2n) is 5.93. The highest BCUT2D eigenvalue weighted by Crippen LogP contribution is 2.13. The number of thiocarbonyl (C=S) groups is 1. The topological polar surface area (TPSA) is 49.6 Å². The number of carbonyl (C=O) groups is 1. The lowest BCUT2D eigenvalue weighted by Crippen LogP contribution is -2.54. The first kappa shape index (κ1) is 18.4. The van der Waals surface area contributed by atoms with Crippen LogP contribution in [-0.2, 0) is 4.79 Å². The fourth-order valence-corrected chi connectivity index (χ4v) is 3.19. The maximum absolute atomic E-state index is 12.2. The molecule has 0 bridgehead atoms. The average Bonchev–Trinajstić information content (AvgIpc) is 2.49. The van der Waals surface area contributed by atoms with E-state index in [0.29, 0.717) is 17.3 Å². The van der Waals surface area contributed by atoms with Gasteiger partial charge in [0.15, 0.2) is 0 Å². The van der Waals surface area contributed by atoms with Gasteiger partial charge in [0.1, 0.15) is 0 Å². The molecule has 21 heavy (non-hydrogen) atoms. The van der Waals surface area contributed by atoms with E-state index in [9.17, 15) is 4.79 Å². The summed E-state index contributed by atoms with van der Waals surface area (Å²) in [6.45, 7) is 7.76. The van der Waals surface area contributed by atoms with Crippen molar-refractivity contribution in [2.75, 3.05) is 26.2 Å². The number of hydrogen-bond acceptors (Lipinski definition) is 3. The van der Waals surface area contributed by atoms with Gasteiger partial charge in [-0.2, -0.15) is 0 Å². The summed E-state index contributed by atoms with van der Waals surface area (Å²) in [4.78, 5) is 17.1. The van der Waals surface area contributed by atoms with Crippen LogP contribution in [0.25, 0.3) is 0 Å². The van der Waals surface area contributed by atoms with Gasteiger partial charge in [-0.3, -0.25) is 9.69 Å². The number of rotatable bonds is 9. The molecule has 1 fully saturated rings. The van der Waals surface area contributed by atoms with Crippen LogP contribution in [0.2, 0.25) is 0 Å². The van der Waals surface area contributed by atoms with Crippen molar-refractivity contribution in [3.05, 3.63) is 0 Å². The van der Waals surface area contributed by atoms with Crippen LogP contribution in [0.1, 0.15) is 58.8 Å². The molecule has 1 aliphatic rings. The zero-order chi connectivity index (χ0) is 15.7. The molecule has 122 valence electrons. The molecule has 4 nitrogen and oxygen atoms in total. The first-order chi connectivity index (χ1) is 10.1. The summed E-state index contributed by atoms with van der Waals surface area (Å²) >= 11 is 5.18. The van der Waals surface area contributed by atoms with Gasteiger partial charge in [0.2, 0.25) is 5.91 Å². The van der Waals surface area contributed by atoms with Gasteiger partial charge in [-0.1, -0.05) is 51.7 Å². The maximum Gasteiger partial charge on any atom is 0.222 e. The minimum Gasteiger partial charge on any atom is -0.392 e. The Morgan fingerprint density at radius 3 is 2.29 bits per heavy atom. The van der Waals surface area contributed by atoms with Gasteiger partial charge in [-0.25, -0.2) is 0 Å². The van der Waals surface area contributed by atoms with Crippen molar-refractivity contribution in [2.45, 2.75) is 64.8 Å². The summed E-state index contributed by atoms with van der Waals surface area (Å²) in [7, 11) is 0. The van der Waals surface area contributed by atoms with Gasteiger partial charge in [-0.05, 0) is 12.8 Å². The number of nitrogens with zero attached hydrogens (tertiary/aromatic N) is 2. The van der Waals surface area contributed by atoms with Crippen LogP contribution in [-0.4, -0.2) is 52.9 Å². The second kappa shape index (κ2) is 10.1. The first-order valence-electron chi connectivity index (χ1n) is 8.41. The summed E-state index contributed by atoms with van der Waals surface area (Å²) in [5.41, 5.74) is 5.85. The van der Waals surface area contributed by atoms with Gasteiger partial charge in [-0.15, -0.1) is 0 Å². The largest absolute Gasteiger partial charge is 0.392 e. The summed E-state index contributed by atoms with van der Waals surface area (Å²) in [6, 6.07) is 0.201. The van der Waals surface area contributed by atoms with Crippen molar-refractivity contribution in [1.29, 1.82) is 0 Å². The predicted octanol–water partition coefficient (Wildman–Crippen LogP) is 2.56. The molecule has 0 aromatic carbocycles. The zero-order valence-electron chi connectivity index (χ0n) is 13.6. The molecule has 1 aliphatic heterocycles. The Hall–Kier alpha value is -0.680. The van der Waals surface area contributed by atoms with Crippen LogP contribution in [0.5, 0.6) is 0 Å². The van der Waals surface area contributed by atoms with Crippen molar-refractivity contribution >= 4 is 23.1 Å². The van der Waals surface area contributed by atoms with Crippen LogP contribution in [0, 0.1) is 0 Å². The molecule has 1 unspecified atom stereocenters. The highest BCUT2D eigenvalue weighted by atomic mass is 32.1. The van der Waals surface area contributed by atoms with Crippen molar-refractivity contribution in [2.24, 2.45) is 5.73 Å². The third kappa shape index (κ3) is 6.30. The van der Waals surface area contributed by atoms with E-state index < -0.39 is 0 Å². The van der Waals surface area contributed by atoms with E-state index in [2.05, 4.69) is 18.7 Å². The van der Waals surface area contributed by atoms with Gasteiger partial charge in [0.25, 0.3) is 0 Å². The van der Waals surface area contributed by atoms with E-state index in [0.717, 1.165) is 45.4 Å². The third-order valence-electron chi connectivity index (χ3n) is 4.24. The Morgan fingerprint density at radius 2 is 1.76 bits per heavy atom. The van der Waals surface area contributed by atoms with E-state index in [1.807, 2.05) is 4.90 Å². The SMILES string of the molecule is CCCCCCC(=O)N1CCN(C(CCC)C(N)=S)CC1. The molecule has 0 aromatic rings. The number of amides is 1. The maximum atomic E-state index is 12.2. The number of piperazine rings is 1. The molecule has 2 N–H and O–H groups in total. The minimum absolute atomic E-state index is 0.201. The van der Waals surface area contributed by atoms with Crippen molar-refractivity contribution in [3.8, 4) is 0 Å². The summed E-state index contributed by atoms with van der Waals surface area (Å²) in [6.07, 6.45) is 7.44. The molecule has 0 aromatic heterocycles. The molecular weight excluding hydrogens is 282 g/mol. The number of unbranched alkanes of at least 4 members (excludes halogenated alkanes) is 3. The monoisotopic (exact) mass is 313 g/mol. The Morgan fingerprint density at radius 1 is 1.10 bits per heavy atom. The fraction of sp³-hybridized carbons (Fsp3) is 0.875. The van der Waals surface area contributed by atoms with Crippen LogP contribution >= 0.6 is 12.2 Å². The molecule has 1 amide bonds. The van der Waals surface area contributed by atoms with E-state index >= 15 is 0 Å². The molecule has 0 spiro atoms. The lowest BCUT2D eigenvalue weighted by Gasteiger charge is -2.39. The quantitative estimate of drug-likeness (QED) is 0.525. The Balaban J connectivity index is 2.33. The standard InChI is InChI=1S/C16H31N3OS/c1-3-5-6-7-9-15(20)19-12-10-18(11-13-19)14(8-4-2)16(17)21/h14H,3-13H2,1-2H3,(H2,17,21). The molecule has 5 heteroatoms. The van der Waals surface area contributed by atoms with Gasteiger partial charge in [0.05, 0.1) is 11.0 Å². The lowest BCUT2D eigenvalue weighted by molar-refractivity contribution is -0.133. The van der Waals surface area contributed by atoms with Crippen molar-refractivity contribution < 1.29 is 4.79 Å². The summed E-state index contributed by atoms with van der Waals surface area (Å²) < 4.78 is 0. The summed E-state index contributed by atoms with van der Waals surface area (Å²) in [5, 5.41) is 0. The van der Waals surface area contributed by atoms with E-state index in [1.54, 1.807) is 0 Å². The number of hydrogen-bond donors (Lipinski definition) is 1. The normalized spacial score (nSPS) is 17.7. The molecule has 1 heterocycles. The van der Waals surface area contributed by atoms with Gasteiger partial charge < -0.3 is 10.6 Å². The first-order valence-corrected chi connectivity index (χ1v) is 8.82. The van der Waals surface area contributed by atoms with Crippen LogP contribution in [0.3, 0.4) is 0 Å². The molecule has 0 aliphatic carbocycles. The fourth-order valence-electron chi connectivity index (χ4n) is 2.92. The van der Waals surface area contributed by atoms with Gasteiger partial charge >= 0.3 is 0 Å².